The number of para-hydroxylation sites is 1. The molecular weight excluding hydrogens is 266 g/mol. The predicted molar refractivity (Wildman–Crippen MR) is 74.4 cm³/mol. The van der Waals surface area contributed by atoms with Gasteiger partial charge in [0.15, 0.2) is 0 Å². The van der Waals surface area contributed by atoms with Gasteiger partial charge in [0.25, 0.3) is 0 Å². The fraction of sp³-hybridized carbons (Fsp3) is 0.0714. The van der Waals surface area contributed by atoms with Gasteiger partial charge >= 0.3 is 0 Å². The number of halogens is 1. The van der Waals surface area contributed by atoms with Crippen LogP contribution in [0, 0.1) is 0 Å². The summed E-state index contributed by atoms with van der Waals surface area (Å²) in [6.45, 7) is 0. The number of hydrogen-bond donors (Lipinski definition) is 1. The molecule has 0 saturated heterocycles. The molecule has 1 aliphatic heterocycles. The molecular formula is C14H10ClNOS. The monoisotopic (exact) mass is 275 g/mol. The summed E-state index contributed by atoms with van der Waals surface area (Å²) in [6.07, 6.45) is 0.477. The number of fused-ring (bicyclic) bond motifs is 1. The van der Waals surface area contributed by atoms with Crippen LogP contribution in [-0.4, -0.2) is 5.91 Å². The van der Waals surface area contributed by atoms with Gasteiger partial charge in [-0.15, -0.1) is 0 Å². The summed E-state index contributed by atoms with van der Waals surface area (Å²) in [6, 6.07) is 13.7. The zero-order valence-electron chi connectivity index (χ0n) is 9.44. The van der Waals surface area contributed by atoms with E-state index in [2.05, 4.69) is 5.32 Å². The number of nitrogens with one attached hydrogen (secondary N) is 1. The van der Waals surface area contributed by atoms with E-state index in [-0.39, 0.29) is 5.91 Å². The van der Waals surface area contributed by atoms with Crippen molar-refractivity contribution in [1.29, 1.82) is 0 Å². The van der Waals surface area contributed by atoms with Crippen LogP contribution in [0.15, 0.2) is 52.3 Å². The molecule has 18 heavy (non-hydrogen) atoms. The highest BCUT2D eigenvalue weighted by Gasteiger charge is 2.20. The van der Waals surface area contributed by atoms with Gasteiger partial charge < -0.3 is 5.32 Å². The number of carbonyl (C=O) groups is 1. The smallest absolute Gasteiger partial charge is 0.228 e. The topological polar surface area (TPSA) is 29.1 Å². The van der Waals surface area contributed by atoms with Gasteiger partial charge in [-0.3, -0.25) is 4.79 Å². The highest BCUT2D eigenvalue weighted by molar-refractivity contribution is 7.99. The van der Waals surface area contributed by atoms with E-state index < -0.39 is 0 Å². The Morgan fingerprint density at radius 1 is 1.11 bits per heavy atom. The third-order valence-corrected chi connectivity index (χ3v) is 4.09. The number of hydrogen-bond acceptors (Lipinski definition) is 2. The van der Waals surface area contributed by atoms with Crippen molar-refractivity contribution >= 4 is 35.0 Å². The van der Waals surface area contributed by atoms with E-state index in [1.54, 1.807) is 11.8 Å². The number of benzene rings is 2. The lowest BCUT2D eigenvalue weighted by Gasteiger charge is -2.07. The summed E-state index contributed by atoms with van der Waals surface area (Å²) in [4.78, 5) is 13.6. The Morgan fingerprint density at radius 2 is 1.89 bits per heavy atom. The Hall–Kier alpha value is -1.45. The molecule has 3 rings (SSSR count). The molecule has 0 saturated carbocycles. The summed E-state index contributed by atoms with van der Waals surface area (Å²) >= 11 is 7.49. The van der Waals surface area contributed by atoms with Gasteiger partial charge in [0, 0.05) is 14.8 Å². The molecule has 2 aromatic carbocycles. The van der Waals surface area contributed by atoms with Crippen LogP contribution in [0.2, 0.25) is 5.02 Å². The molecule has 0 aliphatic carbocycles. The summed E-state index contributed by atoms with van der Waals surface area (Å²) < 4.78 is 0. The van der Waals surface area contributed by atoms with Gasteiger partial charge in [-0.05, 0) is 35.9 Å². The molecule has 1 amide bonds. The van der Waals surface area contributed by atoms with Crippen molar-refractivity contribution in [1.82, 2.24) is 0 Å². The molecule has 0 bridgehead atoms. The van der Waals surface area contributed by atoms with E-state index in [0.717, 1.165) is 26.1 Å². The van der Waals surface area contributed by atoms with E-state index in [1.807, 2.05) is 42.5 Å². The zero-order valence-corrected chi connectivity index (χ0v) is 11.0. The van der Waals surface area contributed by atoms with Crippen LogP contribution in [0.4, 0.5) is 5.69 Å². The maximum absolute atomic E-state index is 11.4. The first-order chi connectivity index (χ1) is 8.72. The van der Waals surface area contributed by atoms with Crippen molar-refractivity contribution in [3.8, 4) is 0 Å². The second-order valence-electron chi connectivity index (χ2n) is 4.07. The number of rotatable bonds is 2. The Labute approximate surface area is 114 Å². The molecule has 0 unspecified atom stereocenters. The lowest BCUT2D eigenvalue weighted by atomic mass is 10.2. The molecule has 1 heterocycles. The molecule has 0 fully saturated rings. The molecule has 1 N–H and O–H groups in total. The van der Waals surface area contributed by atoms with E-state index in [0.29, 0.717) is 6.42 Å². The minimum Gasteiger partial charge on any atom is -0.325 e. The fourth-order valence-corrected chi connectivity index (χ4v) is 3.02. The van der Waals surface area contributed by atoms with Crippen molar-refractivity contribution < 1.29 is 4.79 Å². The second kappa shape index (κ2) is 4.67. The Balaban J connectivity index is 1.92. The number of carbonyl (C=O) groups excluding carboxylic acids is 1. The summed E-state index contributed by atoms with van der Waals surface area (Å²) in [5.41, 5.74) is 2.02. The number of anilines is 1. The van der Waals surface area contributed by atoms with Crippen molar-refractivity contribution in [2.75, 3.05) is 5.32 Å². The quantitative estimate of drug-likeness (QED) is 0.898. The SMILES string of the molecule is O=C1Cc2cccc(Sc3ccc(Cl)cc3)c2N1. The first-order valence-corrected chi connectivity index (χ1v) is 6.77. The average molecular weight is 276 g/mol. The average Bonchev–Trinajstić information content (AvgIpc) is 2.73. The molecule has 0 radical (unpaired) electrons. The van der Waals surface area contributed by atoms with Crippen LogP contribution in [-0.2, 0) is 11.2 Å². The highest BCUT2D eigenvalue weighted by Crippen LogP contribution is 2.38. The zero-order chi connectivity index (χ0) is 12.5. The summed E-state index contributed by atoms with van der Waals surface area (Å²) in [5, 5.41) is 3.64. The van der Waals surface area contributed by atoms with Gasteiger partial charge in [0.2, 0.25) is 5.91 Å². The molecule has 1 aliphatic rings. The second-order valence-corrected chi connectivity index (χ2v) is 5.62. The maximum Gasteiger partial charge on any atom is 0.228 e. The van der Waals surface area contributed by atoms with Crippen LogP contribution in [0.3, 0.4) is 0 Å². The Bertz CT molecular complexity index is 610. The van der Waals surface area contributed by atoms with Crippen molar-refractivity contribution in [3.63, 3.8) is 0 Å². The Morgan fingerprint density at radius 3 is 2.67 bits per heavy atom. The third kappa shape index (κ3) is 2.24. The van der Waals surface area contributed by atoms with Crippen molar-refractivity contribution in [2.24, 2.45) is 0 Å². The van der Waals surface area contributed by atoms with Crippen LogP contribution in [0.25, 0.3) is 0 Å². The minimum atomic E-state index is 0.0640. The van der Waals surface area contributed by atoms with Gasteiger partial charge in [-0.25, -0.2) is 0 Å². The molecule has 0 aromatic heterocycles. The lowest BCUT2D eigenvalue weighted by molar-refractivity contribution is -0.115. The van der Waals surface area contributed by atoms with Gasteiger partial charge in [-0.1, -0.05) is 35.5 Å². The summed E-state index contributed by atoms with van der Waals surface area (Å²) in [7, 11) is 0. The van der Waals surface area contributed by atoms with Crippen molar-refractivity contribution in [3.05, 3.63) is 53.1 Å². The van der Waals surface area contributed by atoms with E-state index in [4.69, 9.17) is 11.6 Å². The van der Waals surface area contributed by atoms with Crippen LogP contribution >= 0.6 is 23.4 Å². The van der Waals surface area contributed by atoms with Gasteiger partial charge in [-0.2, -0.15) is 0 Å². The maximum atomic E-state index is 11.4. The lowest BCUT2D eigenvalue weighted by Crippen LogP contribution is -2.04. The summed E-state index contributed by atoms with van der Waals surface area (Å²) in [5.74, 6) is 0.0640. The highest BCUT2D eigenvalue weighted by atomic mass is 35.5. The predicted octanol–water partition coefficient (Wildman–Crippen LogP) is 3.99. The first kappa shape index (κ1) is 11.6. The molecule has 0 atom stereocenters. The largest absolute Gasteiger partial charge is 0.325 e. The minimum absolute atomic E-state index is 0.0640. The number of amides is 1. The third-order valence-electron chi connectivity index (χ3n) is 2.77. The van der Waals surface area contributed by atoms with Crippen LogP contribution in [0.1, 0.15) is 5.56 Å². The first-order valence-electron chi connectivity index (χ1n) is 5.57. The normalized spacial score (nSPS) is 13.3. The van der Waals surface area contributed by atoms with Gasteiger partial charge in [0.05, 0.1) is 12.1 Å². The van der Waals surface area contributed by atoms with Crippen molar-refractivity contribution in [2.45, 2.75) is 16.2 Å². The standard InChI is InChI=1S/C14H10ClNOS/c15-10-4-6-11(7-5-10)18-12-3-1-2-9-8-13(17)16-14(9)12/h1-7H,8H2,(H,16,17). The molecule has 2 aromatic rings. The van der Waals surface area contributed by atoms with E-state index >= 15 is 0 Å². The molecule has 2 nitrogen and oxygen atoms in total. The molecule has 4 heteroatoms. The van der Waals surface area contributed by atoms with Crippen LogP contribution in [0.5, 0.6) is 0 Å². The van der Waals surface area contributed by atoms with E-state index in [1.165, 1.54) is 0 Å². The molecule has 90 valence electrons. The molecule has 0 spiro atoms. The van der Waals surface area contributed by atoms with E-state index in [9.17, 15) is 4.79 Å². The van der Waals surface area contributed by atoms with Crippen LogP contribution < -0.4 is 5.32 Å². The van der Waals surface area contributed by atoms with Gasteiger partial charge in [0.1, 0.15) is 0 Å². The Kier molecular flexibility index (Phi) is 3.02. The fourth-order valence-electron chi connectivity index (χ4n) is 1.94.